The molecule has 1 amide bonds. The van der Waals surface area contributed by atoms with Gasteiger partial charge in [-0.25, -0.2) is 0 Å². The lowest BCUT2D eigenvalue weighted by atomic mass is 10.1. The number of carbonyl (C=O) groups excluding carboxylic acids is 2. The number of para-hydroxylation sites is 2. The first-order valence-corrected chi connectivity index (χ1v) is 11.1. The van der Waals surface area contributed by atoms with Crippen LogP contribution in [0.25, 0.3) is 21.8 Å². The summed E-state index contributed by atoms with van der Waals surface area (Å²) >= 11 is 0. The number of hydrogen-bond donors (Lipinski definition) is 0. The van der Waals surface area contributed by atoms with Crippen LogP contribution in [-0.4, -0.2) is 41.6 Å². The predicted octanol–water partition coefficient (Wildman–Crippen LogP) is 3.76. The fourth-order valence-electron chi connectivity index (χ4n) is 3.89. The van der Waals surface area contributed by atoms with Crippen LogP contribution in [0.2, 0.25) is 0 Å². The van der Waals surface area contributed by atoms with E-state index in [0.29, 0.717) is 35.0 Å². The topological polar surface area (TPSA) is 77.8 Å². The van der Waals surface area contributed by atoms with E-state index in [0.717, 1.165) is 11.3 Å². The van der Waals surface area contributed by atoms with Gasteiger partial charge >= 0.3 is 5.97 Å². The van der Waals surface area contributed by atoms with Crippen LogP contribution in [0.1, 0.15) is 12.5 Å². The maximum atomic E-state index is 12.8. The average Bonchev–Trinajstić information content (AvgIpc) is 2.86. The molecule has 1 heterocycles. The number of rotatable bonds is 8. The average molecular weight is 459 g/mol. The SMILES string of the molecule is CCOc1ccc(CN(C)C(=O)COC(=O)Cn2c3ccccc3c(=O)c3ccccc32)cc1. The summed E-state index contributed by atoms with van der Waals surface area (Å²) in [6, 6.07) is 21.8. The first-order chi connectivity index (χ1) is 16.5. The summed E-state index contributed by atoms with van der Waals surface area (Å²) in [5.74, 6) is -0.0876. The highest BCUT2D eigenvalue weighted by Gasteiger charge is 2.16. The Morgan fingerprint density at radius 3 is 2.06 bits per heavy atom. The Kier molecular flexibility index (Phi) is 6.92. The summed E-state index contributed by atoms with van der Waals surface area (Å²) in [5.41, 5.74) is 2.14. The van der Waals surface area contributed by atoms with Gasteiger partial charge in [-0.15, -0.1) is 0 Å². The lowest BCUT2D eigenvalue weighted by Crippen LogP contribution is -2.31. The Labute approximate surface area is 197 Å². The van der Waals surface area contributed by atoms with Gasteiger partial charge in [0.2, 0.25) is 0 Å². The van der Waals surface area contributed by atoms with Crippen LogP contribution in [0, 0.1) is 0 Å². The maximum Gasteiger partial charge on any atom is 0.326 e. The molecule has 0 atom stereocenters. The second-order valence-corrected chi connectivity index (χ2v) is 7.94. The van der Waals surface area contributed by atoms with E-state index < -0.39 is 5.97 Å². The van der Waals surface area contributed by atoms with E-state index in [1.165, 1.54) is 4.90 Å². The summed E-state index contributed by atoms with van der Waals surface area (Å²) in [4.78, 5) is 39.5. The van der Waals surface area contributed by atoms with Gasteiger partial charge in [0.15, 0.2) is 12.0 Å². The highest BCUT2D eigenvalue weighted by atomic mass is 16.5. The normalized spacial score (nSPS) is 10.9. The van der Waals surface area contributed by atoms with Crippen molar-refractivity contribution in [3.05, 3.63) is 88.6 Å². The van der Waals surface area contributed by atoms with E-state index in [4.69, 9.17) is 9.47 Å². The zero-order valence-corrected chi connectivity index (χ0v) is 19.2. The lowest BCUT2D eigenvalue weighted by Gasteiger charge is -2.18. The van der Waals surface area contributed by atoms with Gasteiger partial charge in [-0.05, 0) is 48.9 Å². The second kappa shape index (κ2) is 10.2. The third-order valence-corrected chi connectivity index (χ3v) is 5.60. The quantitative estimate of drug-likeness (QED) is 0.297. The molecular weight excluding hydrogens is 432 g/mol. The largest absolute Gasteiger partial charge is 0.494 e. The zero-order valence-electron chi connectivity index (χ0n) is 19.2. The van der Waals surface area contributed by atoms with Gasteiger partial charge in [0.05, 0.1) is 17.6 Å². The van der Waals surface area contributed by atoms with Crippen LogP contribution in [0.15, 0.2) is 77.6 Å². The molecule has 4 rings (SSSR count). The summed E-state index contributed by atoms with van der Waals surface area (Å²) in [6.07, 6.45) is 0. The smallest absolute Gasteiger partial charge is 0.326 e. The fraction of sp³-hybridized carbons (Fsp3) is 0.222. The molecule has 0 unspecified atom stereocenters. The Balaban J connectivity index is 1.43. The molecule has 0 aliphatic heterocycles. The monoisotopic (exact) mass is 458 g/mol. The van der Waals surface area contributed by atoms with E-state index >= 15 is 0 Å². The number of fused-ring (bicyclic) bond motifs is 2. The molecule has 4 aromatic rings. The van der Waals surface area contributed by atoms with Crippen molar-refractivity contribution in [2.24, 2.45) is 0 Å². The highest BCUT2D eigenvalue weighted by Crippen LogP contribution is 2.19. The molecule has 0 radical (unpaired) electrons. The minimum absolute atomic E-state index is 0.0816. The van der Waals surface area contributed by atoms with Crippen molar-refractivity contribution in [3.63, 3.8) is 0 Å². The van der Waals surface area contributed by atoms with Crippen molar-refractivity contribution in [2.75, 3.05) is 20.3 Å². The standard InChI is InChI=1S/C27H26N2O5/c1-3-33-20-14-12-19(13-15-20)16-28(2)25(30)18-34-26(31)17-29-23-10-6-4-8-21(23)27(32)22-9-5-7-11-24(22)29/h4-15H,3,16-18H2,1-2H3. The molecule has 0 N–H and O–H groups in total. The number of amides is 1. The summed E-state index contributed by atoms with van der Waals surface area (Å²) in [7, 11) is 1.66. The highest BCUT2D eigenvalue weighted by molar-refractivity contribution is 5.94. The third-order valence-electron chi connectivity index (χ3n) is 5.60. The minimum Gasteiger partial charge on any atom is -0.494 e. The second-order valence-electron chi connectivity index (χ2n) is 7.94. The molecular formula is C27H26N2O5. The van der Waals surface area contributed by atoms with Gasteiger partial charge in [0, 0.05) is 24.4 Å². The molecule has 34 heavy (non-hydrogen) atoms. The zero-order chi connectivity index (χ0) is 24.1. The van der Waals surface area contributed by atoms with E-state index in [1.807, 2.05) is 43.3 Å². The summed E-state index contributed by atoms with van der Waals surface area (Å²) in [5, 5.41) is 1.06. The Hall–Kier alpha value is -4.13. The number of nitrogens with zero attached hydrogens (tertiary/aromatic N) is 2. The minimum atomic E-state index is -0.554. The molecule has 0 saturated heterocycles. The van der Waals surface area contributed by atoms with E-state index in [-0.39, 0.29) is 24.5 Å². The van der Waals surface area contributed by atoms with Crippen LogP contribution >= 0.6 is 0 Å². The molecule has 7 heteroatoms. The molecule has 0 saturated carbocycles. The fourth-order valence-corrected chi connectivity index (χ4v) is 3.89. The molecule has 0 spiro atoms. The molecule has 174 valence electrons. The number of hydrogen-bond acceptors (Lipinski definition) is 5. The van der Waals surface area contributed by atoms with Gasteiger partial charge in [0.25, 0.3) is 5.91 Å². The van der Waals surface area contributed by atoms with Crippen molar-refractivity contribution in [1.29, 1.82) is 0 Å². The van der Waals surface area contributed by atoms with Crippen molar-refractivity contribution in [1.82, 2.24) is 9.47 Å². The first kappa shape index (κ1) is 23.0. The first-order valence-electron chi connectivity index (χ1n) is 11.1. The summed E-state index contributed by atoms with van der Waals surface area (Å²) in [6.45, 7) is 2.43. The van der Waals surface area contributed by atoms with Crippen LogP contribution in [0.4, 0.5) is 0 Å². The predicted molar refractivity (Wildman–Crippen MR) is 131 cm³/mol. The number of aromatic nitrogens is 1. The van der Waals surface area contributed by atoms with Crippen molar-refractivity contribution >= 4 is 33.7 Å². The summed E-state index contributed by atoms with van der Waals surface area (Å²) < 4.78 is 12.5. The van der Waals surface area contributed by atoms with Crippen LogP contribution in [-0.2, 0) is 27.4 Å². The molecule has 3 aromatic carbocycles. The van der Waals surface area contributed by atoms with Gasteiger partial charge < -0.3 is 18.9 Å². The Morgan fingerprint density at radius 1 is 0.882 bits per heavy atom. The molecule has 0 aliphatic carbocycles. The molecule has 0 aliphatic rings. The molecule has 0 fully saturated rings. The van der Waals surface area contributed by atoms with Gasteiger partial charge in [-0.2, -0.15) is 0 Å². The molecule has 1 aromatic heterocycles. The van der Waals surface area contributed by atoms with Gasteiger partial charge in [-0.1, -0.05) is 36.4 Å². The number of ether oxygens (including phenoxy) is 2. The lowest BCUT2D eigenvalue weighted by molar-refractivity contribution is -0.152. The van der Waals surface area contributed by atoms with Crippen molar-refractivity contribution < 1.29 is 19.1 Å². The van der Waals surface area contributed by atoms with E-state index in [2.05, 4.69) is 0 Å². The maximum absolute atomic E-state index is 12.8. The van der Waals surface area contributed by atoms with Crippen molar-refractivity contribution in [3.8, 4) is 5.75 Å². The number of pyridine rings is 1. The number of likely N-dealkylation sites (N-methyl/N-ethyl adjacent to an activating group) is 1. The number of carbonyl (C=O) groups is 2. The van der Waals surface area contributed by atoms with E-state index in [9.17, 15) is 14.4 Å². The van der Waals surface area contributed by atoms with Gasteiger partial charge in [0.1, 0.15) is 12.3 Å². The number of esters is 1. The van der Waals surface area contributed by atoms with E-state index in [1.54, 1.807) is 48.0 Å². The van der Waals surface area contributed by atoms with Crippen LogP contribution in [0.3, 0.4) is 0 Å². The van der Waals surface area contributed by atoms with Gasteiger partial charge in [-0.3, -0.25) is 14.4 Å². The molecule has 0 bridgehead atoms. The van der Waals surface area contributed by atoms with Crippen molar-refractivity contribution in [2.45, 2.75) is 20.0 Å². The van der Waals surface area contributed by atoms with Crippen LogP contribution < -0.4 is 10.2 Å². The Bertz CT molecular complexity index is 1330. The molecule has 7 nitrogen and oxygen atoms in total. The van der Waals surface area contributed by atoms with Crippen LogP contribution in [0.5, 0.6) is 5.75 Å². The number of benzene rings is 3. The Morgan fingerprint density at radius 2 is 1.47 bits per heavy atom. The third kappa shape index (κ3) is 4.93.